The highest BCUT2D eigenvalue weighted by atomic mass is 32.1. The van der Waals surface area contributed by atoms with Crippen molar-refractivity contribution in [2.24, 2.45) is 0 Å². The zero-order valence-electron chi connectivity index (χ0n) is 15.4. The molecule has 138 valence electrons. The van der Waals surface area contributed by atoms with Crippen LogP contribution in [0.5, 0.6) is 0 Å². The number of hydrogen-bond donors (Lipinski definition) is 3. The van der Waals surface area contributed by atoms with Gasteiger partial charge in [0.15, 0.2) is 0 Å². The Morgan fingerprint density at radius 1 is 0.870 bits per heavy atom. The Morgan fingerprint density at radius 3 is 1.78 bits per heavy atom. The molecule has 0 aliphatic heterocycles. The summed E-state index contributed by atoms with van der Waals surface area (Å²) in [6.45, 7) is 4.45. The number of rotatable bonds is 17. The summed E-state index contributed by atoms with van der Waals surface area (Å²) in [5.74, 6) is -0.423. The second-order valence-corrected chi connectivity index (χ2v) is 7.06. The number of thiol groups is 1. The fraction of sp³-hybridized carbons (Fsp3) is 0.947. The van der Waals surface area contributed by atoms with Gasteiger partial charge in [0, 0.05) is 11.8 Å². The molecule has 0 aliphatic carbocycles. The maximum absolute atomic E-state index is 11.2. The SMILES string of the molecule is CCCCCCCCCCC(CCCCC)N[C@@H](CS)C(=O)O. The lowest BCUT2D eigenvalue weighted by Gasteiger charge is -2.22. The minimum absolute atomic E-state index is 0.329. The van der Waals surface area contributed by atoms with Crippen molar-refractivity contribution in [1.29, 1.82) is 0 Å². The number of aliphatic carboxylic acids is 1. The average Bonchev–Trinajstić information content (AvgIpc) is 2.54. The van der Waals surface area contributed by atoms with Gasteiger partial charge in [-0.25, -0.2) is 0 Å². The maximum Gasteiger partial charge on any atom is 0.321 e. The van der Waals surface area contributed by atoms with Crippen LogP contribution in [-0.2, 0) is 4.79 Å². The van der Waals surface area contributed by atoms with E-state index >= 15 is 0 Å². The van der Waals surface area contributed by atoms with Gasteiger partial charge in [0.2, 0.25) is 0 Å². The van der Waals surface area contributed by atoms with Crippen LogP contribution >= 0.6 is 12.6 Å². The molecule has 0 amide bonds. The predicted molar refractivity (Wildman–Crippen MR) is 104 cm³/mol. The van der Waals surface area contributed by atoms with E-state index in [1.807, 2.05) is 0 Å². The Labute approximate surface area is 149 Å². The van der Waals surface area contributed by atoms with Crippen molar-refractivity contribution in [3.8, 4) is 0 Å². The van der Waals surface area contributed by atoms with Crippen molar-refractivity contribution < 1.29 is 9.90 Å². The number of unbranched alkanes of at least 4 members (excludes halogenated alkanes) is 9. The van der Waals surface area contributed by atoms with Crippen LogP contribution in [0.4, 0.5) is 0 Å². The normalized spacial score (nSPS) is 13.9. The van der Waals surface area contributed by atoms with Gasteiger partial charge in [0.05, 0.1) is 0 Å². The van der Waals surface area contributed by atoms with Crippen LogP contribution in [0.15, 0.2) is 0 Å². The summed E-state index contributed by atoms with van der Waals surface area (Å²) < 4.78 is 0. The van der Waals surface area contributed by atoms with Gasteiger partial charge in [0.1, 0.15) is 6.04 Å². The smallest absolute Gasteiger partial charge is 0.321 e. The standard InChI is InChI=1S/C19H39NO2S/c1-3-5-7-8-9-10-11-13-15-17(14-12-6-4-2)20-18(16-23)19(21)22/h17-18,20,23H,3-16H2,1-2H3,(H,21,22)/t17?,18-/m0/s1. The Bertz CT molecular complexity index is 274. The van der Waals surface area contributed by atoms with E-state index in [-0.39, 0.29) is 0 Å². The van der Waals surface area contributed by atoms with Crippen molar-refractivity contribution in [2.45, 2.75) is 109 Å². The molecular weight excluding hydrogens is 306 g/mol. The third-order valence-corrected chi connectivity index (χ3v) is 4.84. The third kappa shape index (κ3) is 13.9. The molecular formula is C19H39NO2S. The molecule has 0 radical (unpaired) electrons. The number of nitrogens with one attached hydrogen (secondary N) is 1. The second kappa shape index (κ2) is 16.6. The van der Waals surface area contributed by atoms with Crippen molar-refractivity contribution in [1.82, 2.24) is 5.32 Å². The van der Waals surface area contributed by atoms with Crippen molar-refractivity contribution in [3.05, 3.63) is 0 Å². The van der Waals surface area contributed by atoms with Crippen molar-refractivity contribution in [2.75, 3.05) is 5.75 Å². The summed E-state index contributed by atoms with van der Waals surface area (Å²) >= 11 is 4.16. The highest BCUT2D eigenvalue weighted by molar-refractivity contribution is 7.80. The first-order valence-corrected chi connectivity index (χ1v) is 10.4. The van der Waals surface area contributed by atoms with Crippen LogP contribution in [0.25, 0.3) is 0 Å². The molecule has 0 aromatic heterocycles. The molecule has 0 aromatic rings. The number of carbonyl (C=O) groups is 1. The number of carboxylic acids is 1. The summed E-state index contributed by atoms with van der Waals surface area (Å²) in [6.07, 6.45) is 16.4. The van der Waals surface area contributed by atoms with Crippen LogP contribution in [0.3, 0.4) is 0 Å². The molecule has 0 saturated heterocycles. The van der Waals surface area contributed by atoms with E-state index in [9.17, 15) is 9.90 Å². The molecule has 1 unspecified atom stereocenters. The largest absolute Gasteiger partial charge is 0.480 e. The molecule has 23 heavy (non-hydrogen) atoms. The van der Waals surface area contributed by atoms with Crippen LogP contribution in [0.2, 0.25) is 0 Å². The number of hydrogen-bond acceptors (Lipinski definition) is 3. The first-order chi connectivity index (χ1) is 11.2. The molecule has 0 aliphatic rings. The zero-order chi connectivity index (χ0) is 17.3. The maximum atomic E-state index is 11.2. The predicted octanol–water partition coefficient (Wildman–Crippen LogP) is 5.44. The molecule has 2 atom stereocenters. The lowest BCUT2D eigenvalue weighted by Crippen LogP contribution is -2.44. The highest BCUT2D eigenvalue weighted by Gasteiger charge is 2.19. The third-order valence-electron chi connectivity index (χ3n) is 4.48. The molecule has 3 nitrogen and oxygen atoms in total. The molecule has 0 heterocycles. The van der Waals surface area contributed by atoms with Gasteiger partial charge in [-0.1, -0.05) is 84.5 Å². The lowest BCUT2D eigenvalue weighted by molar-refractivity contribution is -0.139. The van der Waals surface area contributed by atoms with Gasteiger partial charge in [-0.15, -0.1) is 0 Å². The van der Waals surface area contributed by atoms with E-state index in [1.165, 1.54) is 70.6 Å². The Balaban J connectivity index is 3.93. The molecule has 0 aromatic carbocycles. The second-order valence-electron chi connectivity index (χ2n) is 6.70. The Morgan fingerprint density at radius 2 is 1.30 bits per heavy atom. The first kappa shape index (κ1) is 22.8. The highest BCUT2D eigenvalue weighted by Crippen LogP contribution is 2.14. The fourth-order valence-corrected chi connectivity index (χ4v) is 3.22. The molecule has 0 saturated carbocycles. The van der Waals surface area contributed by atoms with Crippen LogP contribution in [-0.4, -0.2) is 28.9 Å². The van der Waals surface area contributed by atoms with Crippen LogP contribution < -0.4 is 5.32 Å². The van der Waals surface area contributed by atoms with E-state index in [2.05, 4.69) is 31.8 Å². The van der Waals surface area contributed by atoms with Gasteiger partial charge in [0.25, 0.3) is 0 Å². The molecule has 0 fully saturated rings. The monoisotopic (exact) mass is 345 g/mol. The lowest BCUT2D eigenvalue weighted by atomic mass is 10.00. The van der Waals surface area contributed by atoms with E-state index < -0.39 is 12.0 Å². The summed E-state index contributed by atoms with van der Waals surface area (Å²) in [6, 6.07) is -0.186. The van der Waals surface area contributed by atoms with Gasteiger partial charge < -0.3 is 10.4 Å². The van der Waals surface area contributed by atoms with Crippen molar-refractivity contribution in [3.63, 3.8) is 0 Å². The van der Waals surface area contributed by atoms with Gasteiger partial charge in [-0.2, -0.15) is 12.6 Å². The molecule has 2 N–H and O–H groups in total. The van der Waals surface area contributed by atoms with Gasteiger partial charge in [-0.05, 0) is 12.8 Å². The first-order valence-electron chi connectivity index (χ1n) is 9.75. The molecule has 0 bridgehead atoms. The van der Waals surface area contributed by atoms with Crippen molar-refractivity contribution >= 4 is 18.6 Å². The molecule has 4 heteroatoms. The van der Waals surface area contributed by atoms with Gasteiger partial charge >= 0.3 is 5.97 Å². The number of carboxylic acid groups (broad SMARTS) is 1. The minimum atomic E-state index is -0.781. The topological polar surface area (TPSA) is 49.3 Å². The van der Waals surface area contributed by atoms with Crippen LogP contribution in [0.1, 0.15) is 97.3 Å². The molecule has 0 spiro atoms. The average molecular weight is 346 g/mol. The summed E-state index contributed by atoms with van der Waals surface area (Å²) in [5, 5.41) is 12.5. The minimum Gasteiger partial charge on any atom is -0.480 e. The Hall–Kier alpha value is -0.220. The summed E-state index contributed by atoms with van der Waals surface area (Å²) in [5.41, 5.74) is 0. The summed E-state index contributed by atoms with van der Waals surface area (Å²) in [4.78, 5) is 11.2. The molecule has 0 rings (SSSR count). The van der Waals surface area contributed by atoms with E-state index in [0.717, 1.165) is 12.8 Å². The van der Waals surface area contributed by atoms with E-state index in [4.69, 9.17) is 0 Å². The van der Waals surface area contributed by atoms with Gasteiger partial charge in [-0.3, -0.25) is 4.79 Å². The quantitative estimate of drug-likeness (QED) is 0.243. The zero-order valence-corrected chi connectivity index (χ0v) is 16.3. The summed E-state index contributed by atoms with van der Waals surface area (Å²) in [7, 11) is 0. The van der Waals surface area contributed by atoms with E-state index in [1.54, 1.807) is 0 Å². The Kier molecular flexibility index (Phi) is 16.5. The fourth-order valence-electron chi connectivity index (χ4n) is 2.96. The van der Waals surface area contributed by atoms with Crippen LogP contribution in [0, 0.1) is 0 Å². The van der Waals surface area contributed by atoms with E-state index in [0.29, 0.717) is 11.8 Å².